The number of halogens is 2. The molecule has 0 saturated carbocycles. The summed E-state index contributed by atoms with van der Waals surface area (Å²) in [4.78, 5) is 0. The van der Waals surface area contributed by atoms with Gasteiger partial charge in [-0.15, -0.1) is 0 Å². The Morgan fingerprint density at radius 1 is 1.16 bits per heavy atom. The van der Waals surface area contributed by atoms with Gasteiger partial charge in [0, 0.05) is 10.0 Å². The molecule has 0 bridgehead atoms. The third kappa shape index (κ3) is 3.43. The Labute approximate surface area is 121 Å². The average molecular weight is 322 g/mol. The molecule has 100 valence electrons. The highest BCUT2D eigenvalue weighted by molar-refractivity contribution is 9.10. The van der Waals surface area contributed by atoms with Crippen molar-refractivity contribution in [2.75, 3.05) is 0 Å². The van der Waals surface area contributed by atoms with Gasteiger partial charge in [0.1, 0.15) is 5.82 Å². The van der Waals surface area contributed by atoms with Crippen molar-refractivity contribution >= 4 is 15.9 Å². The zero-order chi connectivity index (χ0) is 14.0. The van der Waals surface area contributed by atoms with Crippen molar-refractivity contribution in [3.05, 3.63) is 69.4 Å². The van der Waals surface area contributed by atoms with Gasteiger partial charge >= 0.3 is 0 Å². The second kappa shape index (κ2) is 5.43. The molecule has 1 atom stereocenters. The topological polar surface area (TPSA) is 26.0 Å². The Morgan fingerprint density at radius 3 is 2.42 bits per heavy atom. The van der Waals surface area contributed by atoms with E-state index in [4.69, 9.17) is 5.73 Å². The first-order valence-electron chi connectivity index (χ1n) is 6.18. The highest BCUT2D eigenvalue weighted by Gasteiger charge is 2.23. The van der Waals surface area contributed by atoms with Gasteiger partial charge in [-0.25, -0.2) is 4.39 Å². The van der Waals surface area contributed by atoms with Crippen molar-refractivity contribution in [1.82, 2.24) is 0 Å². The van der Waals surface area contributed by atoms with E-state index >= 15 is 0 Å². The maximum atomic E-state index is 13.8. The van der Waals surface area contributed by atoms with Crippen molar-refractivity contribution in [3.8, 4) is 0 Å². The Bertz CT molecular complexity index is 576. The van der Waals surface area contributed by atoms with Gasteiger partial charge in [-0.2, -0.15) is 0 Å². The van der Waals surface area contributed by atoms with Crippen LogP contribution < -0.4 is 5.73 Å². The predicted molar refractivity (Wildman–Crippen MR) is 80.5 cm³/mol. The Hall–Kier alpha value is -1.19. The lowest BCUT2D eigenvalue weighted by molar-refractivity contribution is 0.475. The fraction of sp³-hybridized carbons (Fsp3) is 0.250. The molecule has 2 rings (SSSR count). The summed E-state index contributed by atoms with van der Waals surface area (Å²) >= 11 is 3.36. The van der Waals surface area contributed by atoms with Gasteiger partial charge in [0.2, 0.25) is 0 Å². The van der Waals surface area contributed by atoms with Crippen LogP contribution in [0.25, 0.3) is 0 Å². The van der Waals surface area contributed by atoms with Gasteiger partial charge in [0.05, 0.1) is 0 Å². The van der Waals surface area contributed by atoms with E-state index in [9.17, 15) is 4.39 Å². The van der Waals surface area contributed by atoms with E-state index in [-0.39, 0.29) is 5.82 Å². The SMILES string of the molecule is Cc1ccc(C(C)(N)Cc2cc(Br)ccc2F)cc1. The number of aryl methyl sites for hydroxylation is 1. The zero-order valence-corrected chi connectivity index (χ0v) is 12.7. The van der Waals surface area contributed by atoms with Crippen molar-refractivity contribution < 1.29 is 4.39 Å². The molecule has 0 heterocycles. The quantitative estimate of drug-likeness (QED) is 0.895. The molecule has 2 aromatic carbocycles. The molecule has 0 aliphatic rings. The fourth-order valence-corrected chi connectivity index (χ4v) is 2.52. The summed E-state index contributed by atoms with van der Waals surface area (Å²) in [7, 11) is 0. The average Bonchev–Trinajstić information content (AvgIpc) is 2.34. The van der Waals surface area contributed by atoms with Gasteiger partial charge in [-0.1, -0.05) is 45.8 Å². The summed E-state index contributed by atoms with van der Waals surface area (Å²) < 4.78 is 14.7. The molecule has 19 heavy (non-hydrogen) atoms. The fourth-order valence-electron chi connectivity index (χ4n) is 2.11. The molecule has 1 nitrogen and oxygen atoms in total. The van der Waals surface area contributed by atoms with Crippen molar-refractivity contribution in [1.29, 1.82) is 0 Å². The molecule has 0 spiro atoms. The highest BCUT2D eigenvalue weighted by Crippen LogP contribution is 2.26. The maximum absolute atomic E-state index is 13.8. The molecular weight excluding hydrogens is 305 g/mol. The van der Waals surface area contributed by atoms with Crippen molar-refractivity contribution in [3.63, 3.8) is 0 Å². The maximum Gasteiger partial charge on any atom is 0.126 e. The lowest BCUT2D eigenvalue weighted by atomic mass is 9.86. The van der Waals surface area contributed by atoms with E-state index < -0.39 is 5.54 Å². The van der Waals surface area contributed by atoms with Crippen LogP contribution in [0.1, 0.15) is 23.6 Å². The molecule has 0 fully saturated rings. The van der Waals surface area contributed by atoms with Gasteiger partial charge in [0.15, 0.2) is 0 Å². The van der Waals surface area contributed by atoms with Crippen LogP contribution in [0.5, 0.6) is 0 Å². The minimum atomic E-state index is -0.588. The van der Waals surface area contributed by atoms with E-state index in [2.05, 4.69) is 15.9 Å². The van der Waals surface area contributed by atoms with Crippen LogP contribution in [0, 0.1) is 12.7 Å². The van der Waals surface area contributed by atoms with Gasteiger partial charge < -0.3 is 5.73 Å². The summed E-state index contributed by atoms with van der Waals surface area (Å²) in [5.41, 5.74) is 8.59. The molecule has 0 radical (unpaired) electrons. The summed E-state index contributed by atoms with van der Waals surface area (Å²) in [5, 5.41) is 0. The third-order valence-electron chi connectivity index (χ3n) is 3.28. The summed E-state index contributed by atoms with van der Waals surface area (Å²) in [6.45, 7) is 3.96. The standard InChI is InChI=1S/C16H17BrFN/c1-11-3-5-13(6-4-11)16(2,19)10-12-9-14(17)7-8-15(12)18/h3-9H,10,19H2,1-2H3. The van der Waals surface area contributed by atoms with E-state index in [0.717, 1.165) is 10.0 Å². The molecule has 2 aromatic rings. The molecule has 3 heteroatoms. The molecule has 0 aromatic heterocycles. The Balaban J connectivity index is 2.30. The van der Waals surface area contributed by atoms with E-state index in [1.165, 1.54) is 11.6 Å². The molecule has 0 amide bonds. The van der Waals surface area contributed by atoms with Gasteiger partial charge in [-0.05, 0) is 49.6 Å². The molecule has 0 saturated heterocycles. The smallest absolute Gasteiger partial charge is 0.126 e. The first-order valence-corrected chi connectivity index (χ1v) is 6.98. The van der Waals surface area contributed by atoms with Crippen LogP contribution in [-0.4, -0.2) is 0 Å². The molecule has 2 N–H and O–H groups in total. The minimum absolute atomic E-state index is 0.216. The number of rotatable bonds is 3. The number of hydrogen-bond donors (Lipinski definition) is 1. The predicted octanol–water partition coefficient (Wildman–Crippen LogP) is 4.31. The lowest BCUT2D eigenvalue weighted by Gasteiger charge is -2.26. The highest BCUT2D eigenvalue weighted by atomic mass is 79.9. The monoisotopic (exact) mass is 321 g/mol. The van der Waals surface area contributed by atoms with Gasteiger partial charge in [-0.3, -0.25) is 0 Å². The van der Waals surface area contributed by atoms with Crippen LogP contribution in [-0.2, 0) is 12.0 Å². The molecule has 0 aliphatic heterocycles. The lowest BCUT2D eigenvalue weighted by Crippen LogP contribution is -2.35. The van der Waals surface area contributed by atoms with Crippen molar-refractivity contribution in [2.24, 2.45) is 5.73 Å². The van der Waals surface area contributed by atoms with Crippen LogP contribution >= 0.6 is 15.9 Å². The second-order valence-electron chi connectivity index (χ2n) is 5.20. The Kier molecular flexibility index (Phi) is 4.07. The van der Waals surface area contributed by atoms with Crippen LogP contribution in [0.15, 0.2) is 46.9 Å². The molecular formula is C16H17BrFN. The molecule has 0 aliphatic carbocycles. The second-order valence-corrected chi connectivity index (χ2v) is 6.11. The van der Waals surface area contributed by atoms with E-state index in [1.807, 2.05) is 38.1 Å². The van der Waals surface area contributed by atoms with Crippen LogP contribution in [0.3, 0.4) is 0 Å². The molecule has 1 unspecified atom stereocenters. The summed E-state index contributed by atoms with van der Waals surface area (Å²) in [6, 6.07) is 13.0. The summed E-state index contributed by atoms with van der Waals surface area (Å²) in [6.07, 6.45) is 0.460. The van der Waals surface area contributed by atoms with Crippen LogP contribution in [0.2, 0.25) is 0 Å². The minimum Gasteiger partial charge on any atom is -0.321 e. The summed E-state index contributed by atoms with van der Waals surface area (Å²) in [5.74, 6) is -0.216. The first-order chi connectivity index (χ1) is 8.88. The van der Waals surface area contributed by atoms with E-state index in [0.29, 0.717) is 12.0 Å². The third-order valence-corrected chi connectivity index (χ3v) is 3.77. The largest absolute Gasteiger partial charge is 0.321 e. The number of nitrogens with two attached hydrogens (primary N) is 1. The van der Waals surface area contributed by atoms with Crippen LogP contribution in [0.4, 0.5) is 4.39 Å². The Morgan fingerprint density at radius 2 is 1.79 bits per heavy atom. The number of hydrogen-bond acceptors (Lipinski definition) is 1. The zero-order valence-electron chi connectivity index (χ0n) is 11.1. The first kappa shape index (κ1) is 14.2. The van der Waals surface area contributed by atoms with Gasteiger partial charge in [0.25, 0.3) is 0 Å². The van der Waals surface area contributed by atoms with E-state index in [1.54, 1.807) is 12.1 Å². The van der Waals surface area contributed by atoms with Crippen molar-refractivity contribution in [2.45, 2.75) is 25.8 Å². The number of benzene rings is 2. The normalized spacial score (nSPS) is 14.2.